The summed E-state index contributed by atoms with van der Waals surface area (Å²) in [5, 5.41) is 13.6. The molecule has 3 aromatic rings. The van der Waals surface area contributed by atoms with E-state index in [9.17, 15) is 5.11 Å². The zero-order valence-electron chi connectivity index (χ0n) is 10.7. The molecule has 5 heteroatoms. The molecule has 0 fully saturated rings. The number of phenols is 1. The van der Waals surface area contributed by atoms with Crippen molar-refractivity contribution in [2.24, 2.45) is 0 Å². The first-order valence-electron chi connectivity index (χ1n) is 6.03. The highest BCUT2D eigenvalue weighted by molar-refractivity contribution is 6.32. The van der Waals surface area contributed by atoms with Gasteiger partial charge in [0.2, 0.25) is 5.82 Å². The van der Waals surface area contributed by atoms with Crippen LogP contribution >= 0.6 is 11.6 Å². The van der Waals surface area contributed by atoms with Gasteiger partial charge in [-0.2, -0.15) is 4.98 Å². The molecule has 4 nitrogen and oxygen atoms in total. The lowest BCUT2D eigenvalue weighted by atomic mass is 10.1. The predicted octanol–water partition coefficient (Wildman–Crippen LogP) is 4.07. The van der Waals surface area contributed by atoms with Gasteiger partial charge in [0.1, 0.15) is 5.75 Å². The van der Waals surface area contributed by atoms with Crippen LogP contribution in [0.3, 0.4) is 0 Å². The van der Waals surface area contributed by atoms with Gasteiger partial charge in [-0.05, 0) is 25.1 Å². The van der Waals surface area contributed by atoms with Crippen molar-refractivity contribution in [2.45, 2.75) is 6.92 Å². The highest BCUT2D eigenvalue weighted by Crippen LogP contribution is 2.29. The van der Waals surface area contributed by atoms with Crippen LogP contribution in [0.1, 0.15) is 5.56 Å². The fraction of sp³-hybridized carbons (Fsp3) is 0.0667. The average Bonchev–Trinajstić information content (AvgIpc) is 2.92. The summed E-state index contributed by atoms with van der Waals surface area (Å²) in [6.07, 6.45) is 0. The van der Waals surface area contributed by atoms with E-state index in [1.54, 1.807) is 12.1 Å². The highest BCUT2D eigenvalue weighted by Gasteiger charge is 2.11. The number of benzene rings is 2. The van der Waals surface area contributed by atoms with Crippen LogP contribution in [0.25, 0.3) is 22.8 Å². The van der Waals surface area contributed by atoms with Crippen molar-refractivity contribution < 1.29 is 9.63 Å². The third kappa shape index (κ3) is 2.38. The van der Waals surface area contributed by atoms with E-state index in [4.69, 9.17) is 16.1 Å². The van der Waals surface area contributed by atoms with Gasteiger partial charge in [-0.25, -0.2) is 0 Å². The van der Waals surface area contributed by atoms with E-state index in [2.05, 4.69) is 10.1 Å². The number of aryl methyl sites for hydroxylation is 1. The van der Waals surface area contributed by atoms with Crippen LogP contribution in [-0.4, -0.2) is 15.2 Å². The Morgan fingerprint density at radius 3 is 2.45 bits per heavy atom. The van der Waals surface area contributed by atoms with Crippen LogP contribution in [0.2, 0.25) is 5.02 Å². The summed E-state index contributed by atoms with van der Waals surface area (Å²) < 4.78 is 5.23. The van der Waals surface area contributed by atoms with Crippen LogP contribution in [0, 0.1) is 6.92 Å². The van der Waals surface area contributed by atoms with Crippen molar-refractivity contribution in [3.63, 3.8) is 0 Å². The van der Waals surface area contributed by atoms with Gasteiger partial charge in [-0.3, -0.25) is 0 Å². The number of phenolic OH excluding ortho intramolecular Hbond substituents is 1. The van der Waals surface area contributed by atoms with Gasteiger partial charge in [0.25, 0.3) is 5.89 Å². The second-order valence-corrected chi connectivity index (χ2v) is 4.86. The zero-order chi connectivity index (χ0) is 14.1. The van der Waals surface area contributed by atoms with E-state index in [1.807, 2.05) is 31.2 Å². The Morgan fingerprint density at radius 2 is 1.75 bits per heavy atom. The minimum Gasteiger partial charge on any atom is -0.506 e. The molecular weight excluding hydrogens is 276 g/mol. The smallest absolute Gasteiger partial charge is 0.258 e. The van der Waals surface area contributed by atoms with Crippen molar-refractivity contribution in [1.29, 1.82) is 0 Å². The molecule has 0 aliphatic rings. The molecule has 1 heterocycles. The topological polar surface area (TPSA) is 59.2 Å². The van der Waals surface area contributed by atoms with Crippen LogP contribution in [0.4, 0.5) is 0 Å². The number of aromatic hydroxyl groups is 1. The Bertz CT molecular complexity index is 751. The van der Waals surface area contributed by atoms with Crippen molar-refractivity contribution in [3.05, 3.63) is 53.1 Å². The van der Waals surface area contributed by atoms with Crippen LogP contribution in [0.5, 0.6) is 5.75 Å². The van der Waals surface area contributed by atoms with Gasteiger partial charge in [0, 0.05) is 11.1 Å². The van der Waals surface area contributed by atoms with Crippen molar-refractivity contribution >= 4 is 11.6 Å². The standard InChI is InChI=1S/C15H11ClN2O2/c1-9-2-4-10(5-3-9)14-17-15(20-18-14)11-6-7-13(19)12(16)8-11/h2-8,19H,1H3. The minimum absolute atomic E-state index is 0.0219. The average molecular weight is 287 g/mol. The molecule has 1 N–H and O–H groups in total. The highest BCUT2D eigenvalue weighted by atomic mass is 35.5. The fourth-order valence-electron chi connectivity index (χ4n) is 1.80. The number of rotatable bonds is 2. The number of hydrogen-bond acceptors (Lipinski definition) is 4. The normalized spacial score (nSPS) is 10.7. The maximum Gasteiger partial charge on any atom is 0.258 e. The van der Waals surface area contributed by atoms with Crippen LogP contribution in [0.15, 0.2) is 47.0 Å². The Morgan fingerprint density at radius 1 is 1.05 bits per heavy atom. The first kappa shape index (κ1) is 12.7. The Balaban J connectivity index is 1.97. The summed E-state index contributed by atoms with van der Waals surface area (Å²) in [5.41, 5.74) is 2.72. The summed E-state index contributed by atoms with van der Waals surface area (Å²) in [4.78, 5) is 4.33. The number of aromatic nitrogens is 2. The van der Waals surface area contributed by atoms with E-state index in [0.717, 1.165) is 5.56 Å². The molecule has 0 aliphatic heterocycles. The SMILES string of the molecule is Cc1ccc(-c2noc(-c3ccc(O)c(Cl)c3)n2)cc1. The van der Waals surface area contributed by atoms with E-state index in [-0.39, 0.29) is 10.8 Å². The molecule has 20 heavy (non-hydrogen) atoms. The number of hydrogen-bond donors (Lipinski definition) is 1. The maximum absolute atomic E-state index is 9.40. The summed E-state index contributed by atoms with van der Waals surface area (Å²) in [6, 6.07) is 12.6. The molecular formula is C15H11ClN2O2. The second-order valence-electron chi connectivity index (χ2n) is 4.46. The van der Waals surface area contributed by atoms with Crippen molar-refractivity contribution in [1.82, 2.24) is 10.1 Å². The van der Waals surface area contributed by atoms with Crippen LogP contribution in [-0.2, 0) is 0 Å². The Hall–Kier alpha value is -2.33. The second kappa shape index (κ2) is 4.98. The largest absolute Gasteiger partial charge is 0.506 e. The Labute approximate surface area is 120 Å². The van der Waals surface area contributed by atoms with Crippen molar-refractivity contribution in [2.75, 3.05) is 0 Å². The molecule has 0 atom stereocenters. The number of nitrogens with zero attached hydrogens (tertiary/aromatic N) is 2. The van der Waals surface area contributed by atoms with E-state index in [0.29, 0.717) is 17.3 Å². The molecule has 0 unspecified atom stereocenters. The molecule has 0 radical (unpaired) electrons. The third-order valence-corrected chi connectivity index (χ3v) is 3.23. The van der Waals surface area contributed by atoms with E-state index < -0.39 is 0 Å². The lowest BCUT2D eigenvalue weighted by molar-refractivity contribution is 0.432. The molecule has 2 aromatic carbocycles. The minimum atomic E-state index is 0.0219. The predicted molar refractivity (Wildman–Crippen MR) is 76.6 cm³/mol. The Kier molecular flexibility index (Phi) is 3.16. The van der Waals surface area contributed by atoms with Crippen LogP contribution < -0.4 is 0 Å². The summed E-state index contributed by atoms with van der Waals surface area (Å²) in [6.45, 7) is 2.02. The van der Waals surface area contributed by atoms with E-state index in [1.165, 1.54) is 11.6 Å². The maximum atomic E-state index is 9.40. The molecule has 0 aliphatic carbocycles. The quantitative estimate of drug-likeness (QED) is 0.771. The van der Waals surface area contributed by atoms with Gasteiger partial charge < -0.3 is 9.63 Å². The van der Waals surface area contributed by atoms with Gasteiger partial charge >= 0.3 is 0 Å². The lowest BCUT2D eigenvalue weighted by Crippen LogP contribution is -1.82. The molecule has 3 rings (SSSR count). The third-order valence-electron chi connectivity index (χ3n) is 2.93. The van der Waals surface area contributed by atoms with Gasteiger partial charge in [-0.1, -0.05) is 46.6 Å². The summed E-state index contributed by atoms with van der Waals surface area (Å²) in [5.74, 6) is 0.903. The summed E-state index contributed by atoms with van der Waals surface area (Å²) >= 11 is 5.87. The zero-order valence-corrected chi connectivity index (χ0v) is 11.4. The fourth-order valence-corrected chi connectivity index (χ4v) is 1.98. The molecule has 0 amide bonds. The van der Waals surface area contributed by atoms with Gasteiger partial charge in [0.05, 0.1) is 5.02 Å². The first-order valence-corrected chi connectivity index (χ1v) is 6.41. The van der Waals surface area contributed by atoms with Gasteiger partial charge in [0.15, 0.2) is 0 Å². The monoisotopic (exact) mass is 286 g/mol. The number of halogens is 1. The van der Waals surface area contributed by atoms with E-state index >= 15 is 0 Å². The lowest BCUT2D eigenvalue weighted by Gasteiger charge is -1.98. The molecule has 100 valence electrons. The van der Waals surface area contributed by atoms with Gasteiger partial charge in [-0.15, -0.1) is 0 Å². The molecule has 0 spiro atoms. The molecule has 0 bridgehead atoms. The van der Waals surface area contributed by atoms with Crippen molar-refractivity contribution in [3.8, 4) is 28.6 Å². The molecule has 0 saturated carbocycles. The first-order chi connectivity index (χ1) is 9.63. The summed E-state index contributed by atoms with van der Waals surface area (Å²) in [7, 11) is 0. The molecule has 1 aromatic heterocycles. The molecule has 0 saturated heterocycles.